The van der Waals surface area contributed by atoms with Gasteiger partial charge >= 0.3 is 5.97 Å². The fourth-order valence-electron chi connectivity index (χ4n) is 3.26. The monoisotopic (exact) mass is 391 g/mol. The highest BCUT2D eigenvalue weighted by Crippen LogP contribution is 2.44. The molecule has 1 aliphatic rings. The van der Waals surface area contributed by atoms with E-state index in [4.69, 9.17) is 9.47 Å². The largest absolute Gasteiger partial charge is 0.457 e. The third-order valence-electron chi connectivity index (χ3n) is 4.71. The van der Waals surface area contributed by atoms with Crippen molar-refractivity contribution >= 4 is 17.6 Å². The molecule has 0 bridgehead atoms. The molecule has 0 fully saturated rings. The molecule has 3 aromatic rings. The minimum atomic E-state index is -1.11. The molecule has 0 spiro atoms. The van der Waals surface area contributed by atoms with E-state index < -0.39 is 29.7 Å². The number of nitrogens with one attached hydrogen (secondary N) is 1. The van der Waals surface area contributed by atoms with Crippen LogP contribution in [0.2, 0.25) is 0 Å². The number of ether oxygens (including phenoxy) is 2. The number of carbonyl (C=O) groups excluding carboxylic acids is 2. The maximum absolute atomic E-state index is 13.8. The van der Waals surface area contributed by atoms with Crippen molar-refractivity contribution < 1.29 is 23.5 Å². The molecular weight excluding hydrogens is 373 g/mol. The highest BCUT2D eigenvalue weighted by Gasteiger charge is 2.35. The van der Waals surface area contributed by atoms with Crippen molar-refractivity contribution in [3.8, 4) is 11.5 Å². The molecule has 146 valence electrons. The van der Waals surface area contributed by atoms with Gasteiger partial charge in [-0.25, -0.2) is 4.39 Å². The van der Waals surface area contributed by atoms with Gasteiger partial charge in [0.15, 0.2) is 6.10 Å². The van der Waals surface area contributed by atoms with Gasteiger partial charge in [-0.1, -0.05) is 48.5 Å². The molecule has 5 nitrogen and oxygen atoms in total. The van der Waals surface area contributed by atoms with Gasteiger partial charge in [0, 0.05) is 11.1 Å². The molecule has 1 heterocycles. The molecule has 0 aliphatic carbocycles. The number of para-hydroxylation sites is 3. The summed E-state index contributed by atoms with van der Waals surface area (Å²) in [5.74, 6) is -1.35. The van der Waals surface area contributed by atoms with Crippen LogP contribution >= 0.6 is 0 Å². The first-order valence-electron chi connectivity index (χ1n) is 9.16. The van der Waals surface area contributed by atoms with Crippen molar-refractivity contribution in [3.05, 3.63) is 89.7 Å². The number of amides is 1. The highest BCUT2D eigenvalue weighted by atomic mass is 19.1. The molecule has 1 atom stereocenters. The molecule has 0 saturated carbocycles. The average molecular weight is 391 g/mol. The van der Waals surface area contributed by atoms with Gasteiger partial charge in [-0.3, -0.25) is 9.59 Å². The number of fused-ring (bicyclic) bond motifs is 2. The van der Waals surface area contributed by atoms with Gasteiger partial charge in [0.1, 0.15) is 23.2 Å². The molecule has 4 rings (SSSR count). The minimum Gasteiger partial charge on any atom is -0.457 e. The summed E-state index contributed by atoms with van der Waals surface area (Å²) in [5.41, 5.74) is 1.36. The number of esters is 1. The van der Waals surface area contributed by atoms with E-state index >= 15 is 0 Å². The molecular formula is C23H18FNO4. The van der Waals surface area contributed by atoms with Gasteiger partial charge in [-0.2, -0.15) is 0 Å². The van der Waals surface area contributed by atoms with Crippen molar-refractivity contribution in [1.82, 2.24) is 0 Å². The Hall–Kier alpha value is -3.67. The normalized spacial score (nSPS) is 13.4. The summed E-state index contributed by atoms with van der Waals surface area (Å²) < 4.78 is 25.1. The summed E-state index contributed by atoms with van der Waals surface area (Å²) in [5, 5.41) is 2.44. The number of benzene rings is 3. The Morgan fingerprint density at radius 1 is 0.931 bits per heavy atom. The van der Waals surface area contributed by atoms with E-state index in [1.165, 1.54) is 25.1 Å². The second-order valence-corrected chi connectivity index (χ2v) is 6.66. The van der Waals surface area contributed by atoms with Crippen molar-refractivity contribution in [2.45, 2.75) is 18.9 Å². The fraction of sp³-hybridized carbons (Fsp3) is 0.130. The van der Waals surface area contributed by atoms with Gasteiger partial charge in [-0.15, -0.1) is 0 Å². The molecule has 3 aromatic carbocycles. The van der Waals surface area contributed by atoms with Crippen molar-refractivity contribution in [2.75, 3.05) is 5.32 Å². The number of hydrogen-bond donors (Lipinski definition) is 1. The van der Waals surface area contributed by atoms with Crippen LogP contribution in [-0.2, 0) is 14.3 Å². The lowest BCUT2D eigenvalue weighted by molar-refractivity contribution is -0.153. The first-order valence-corrected chi connectivity index (χ1v) is 9.16. The van der Waals surface area contributed by atoms with E-state index in [-0.39, 0.29) is 5.69 Å². The van der Waals surface area contributed by atoms with Gasteiger partial charge in [-0.05, 0) is 31.2 Å². The maximum atomic E-state index is 13.8. The Kier molecular flexibility index (Phi) is 4.99. The predicted octanol–water partition coefficient (Wildman–Crippen LogP) is 4.63. The zero-order chi connectivity index (χ0) is 20.4. The molecule has 0 radical (unpaired) electrons. The smallest absolute Gasteiger partial charge is 0.318 e. The van der Waals surface area contributed by atoms with Gasteiger partial charge in [0.2, 0.25) is 0 Å². The van der Waals surface area contributed by atoms with E-state index in [0.717, 1.165) is 0 Å². The summed E-state index contributed by atoms with van der Waals surface area (Å²) >= 11 is 0. The summed E-state index contributed by atoms with van der Waals surface area (Å²) in [6.07, 6.45) is -1.11. The Morgan fingerprint density at radius 2 is 1.48 bits per heavy atom. The molecule has 1 unspecified atom stereocenters. The molecule has 6 heteroatoms. The second-order valence-electron chi connectivity index (χ2n) is 6.66. The van der Waals surface area contributed by atoms with Crippen LogP contribution in [0.15, 0.2) is 72.8 Å². The second kappa shape index (κ2) is 7.75. The fourth-order valence-corrected chi connectivity index (χ4v) is 3.26. The van der Waals surface area contributed by atoms with Crippen LogP contribution < -0.4 is 10.1 Å². The van der Waals surface area contributed by atoms with Crippen LogP contribution in [-0.4, -0.2) is 18.0 Å². The molecule has 0 saturated heterocycles. The van der Waals surface area contributed by atoms with E-state index in [1.807, 2.05) is 24.3 Å². The standard InChI is InChI=1S/C23H18FNO4/c1-14(22(26)25-18-11-5-4-10-17(18)24)28-23(27)21-15-8-2-6-12-19(15)29-20-13-7-3-9-16(20)21/h2-14,21H,1H3,(H,25,26). The number of hydrogen-bond acceptors (Lipinski definition) is 4. The SMILES string of the molecule is CC(OC(=O)C1c2ccccc2Oc2ccccc21)C(=O)Nc1ccccc1F. The summed E-state index contributed by atoms with van der Waals surface area (Å²) in [7, 11) is 0. The minimum absolute atomic E-state index is 0.0298. The van der Waals surface area contributed by atoms with Crippen LogP contribution in [0.3, 0.4) is 0 Å². The Labute approximate surface area is 167 Å². The number of anilines is 1. The Balaban J connectivity index is 1.55. The van der Waals surface area contributed by atoms with Crippen LogP contribution in [0.25, 0.3) is 0 Å². The zero-order valence-electron chi connectivity index (χ0n) is 15.6. The third kappa shape index (κ3) is 3.69. The summed E-state index contributed by atoms with van der Waals surface area (Å²) in [6.45, 7) is 1.45. The Morgan fingerprint density at radius 3 is 2.10 bits per heavy atom. The van der Waals surface area contributed by atoms with Gasteiger partial charge < -0.3 is 14.8 Å². The van der Waals surface area contributed by atoms with Crippen molar-refractivity contribution in [2.24, 2.45) is 0 Å². The first-order chi connectivity index (χ1) is 14.0. The molecule has 0 aromatic heterocycles. The van der Waals surface area contributed by atoms with Crippen LogP contribution in [0.4, 0.5) is 10.1 Å². The number of carbonyl (C=O) groups is 2. The Bertz CT molecular complexity index is 1040. The van der Waals surface area contributed by atoms with E-state index in [1.54, 1.807) is 30.3 Å². The van der Waals surface area contributed by atoms with E-state index in [9.17, 15) is 14.0 Å². The maximum Gasteiger partial charge on any atom is 0.318 e. The van der Waals surface area contributed by atoms with Crippen molar-refractivity contribution in [3.63, 3.8) is 0 Å². The highest BCUT2D eigenvalue weighted by molar-refractivity contribution is 5.96. The molecule has 29 heavy (non-hydrogen) atoms. The predicted molar refractivity (Wildman–Crippen MR) is 105 cm³/mol. The quantitative estimate of drug-likeness (QED) is 0.659. The first kappa shape index (κ1) is 18.7. The number of halogens is 1. The summed E-state index contributed by atoms with van der Waals surface area (Å²) in [6, 6.07) is 20.2. The van der Waals surface area contributed by atoms with Gasteiger partial charge in [0.05, 0.1) is 5.69 Å². The van der Waals surface area contributed by atoms with Crippen LogP contribution in [0.5, 0.6) is 11.5 Å². The lowest BCUT2D eigenvalue weighted by atomic mass is 9.88. The average Bonchev–Trinajstić information content (AvgIpc) is 2.73. The summed E-state index contributed by atoms with van der Waals surface area (Å²) in [4.78, 5) is 25.4. The molecule has 1 amide bonds. The van der Waals surface area contributed by atoms with Crippen LogP contribution in [0, 0.1) is 5.82 Å². The lowest BCUT2D eigenvalue weighted by Gasteiger charge is -2.27. The third-order valence-corrected chi connectivity index (χ3v) is 4.71. The van der Waals surface area contributed by atoms with Crippen molar-refractivity contribution in [1.29, 1.82) is 0 Å². The van der Waals surface area contributed by atoms with E-state index in [0.29, 0.717) is 22.6 Å². The number of rotatable bonds is 4. The van der Waals surface area contributed by atoms with E-state index in [2.05, 4.69) is 5.32 Å². The molecule has 1 aliphatic heterocycles. The van der Waals surface area contributed by atoms with Crippen LogP contribution in [0.1, 0.15) is 24.0 Å². The molecule has 1 N–H and O–H groups in total. The zero-order valence-corrected chi connectivity index (χ0v) is 15.6. The van der Waals surface area contributed by atoms with Gasteiger partial charge in [0.25, 0.3) is 5.91 Å². The lowest BCUT2D eigenvalue weighted by Crippen LogP contribution is -2.33. The topological polar surface area (TPSA) is 64.6 Å².